The molecule has 0 aliphatic rings. The van der Waals surface area contributed by atoms with E-state index in [4.69, 9.17) is 0 Å². The Hall–Kier alpha value is -1.42. The van der Waals surface area contributed by atoms with Crippen molar-refractivity contribution in [2.24, 2.45) is 5.92 Å². The number of nitrogens with zero attached hydrogens (tertiary/aromatic N) is 3. The molecule has 0 fully saturated rings. The fourth-order valence-electron chi connectivity index (χ4n) is 2.02. The van der Waals surface area contributed by atoms with Crippen molar-refractivity contribution < 1.29 is 0 Å². The van der Waals surface area contributed by atoms with E-state index in [2.05, 4.69) is 41.4 Å². The van der Waals surface area contributed by atoms with Crippen molar-refractivity contribution in [3.8, 4) is 0 Å². The molecule has 0 saturated carbocycles. The van der Waals surface area contributed by atoms with E-state index in [9.17, 15) is 0 Å². The molecule has 0 atom stereocenters. The zero-order valence-electron chi connectivity index (χ0n) is 11.0. The molecule has 92 valence electrons. The first-order valence-corrected chi connectivity index (χ1v) is 6.10. The van der Waals surface area contributed by atoms with Crippen molar-refractivity contribution in [1.82, 2.24) is 19.9 Å². The van der Waals surface area contributed by atoms with E-state index in [1.165, 1.54) is 0 Å². The summed E-state index contributed by atoms with van der Waals surface area (Å²) in [4.78, 5) is 4.51. The molecule has 0 aliphatic heterocycles. The van der Waals surface area contributed by atoms with Gasteiger partial charge < -0.3 is 5.32 Å². The van der Waals surface area contributed by atoms with Gasteiger partial charge in [-0.2, -0.15) is 5.10 Å². The Labute approximate surface area is 102 Å². The van der Waals surface area contributed by atoms with Crippen LogP contribution in [0.25, 0.3) is 5.65 Å². The number of aromatic nitrogens is 3. The summed E-state index contributed by atoms with van der Waals surface area (Å²) in [5.41, 5.74) is 4.25. The van der Waals surface area contributed by atoms with Crippen LogP contribution < -0.4 is 5.32 Å². The summed E-state index contributed by atoms with van der Waals surface area (Å²) in [6, 6.07) is 4.13. The minimum absolute atomic E-state index is 0.623. The zero-order chi connectivity index (χ0) is 12.4. The summed E-state index contributed by atoms with van der Waals surface area (Å²) in [5, 5.41) is 7.83. The second kappa shape index (κ2) is 4.84. The van der Waals surface area contributed by atoms with Gasteiger partial charge in [0.05, 0.1) is 17.1 Å². The summed E-state index contributed by atoms with van der Waals surface area (Å²) in [6.45, 7) is 7.24. The molecule has 0 aromatic carbocycles. The van der Waals surface area contributed by atoms with Gasteiger partial charge in [-0.1, -0.05) is 13.8 Å². The second-order valence-corrected chi connectivity index (χ2v) is 4.87. The van der Waals surface area contributed by atoms with Gasteiger partial charge in [0.2, 0.25) is 0 Å². The highest BCUT2D eigenvalue weighted by atomic mass is 15.3. The summed E-state index contributed by atoms with van der Waals surface area (Å²) < 4.78 is 1.96. The van der Waals surface area contributed by atoms with Crippen molar-refractivity contribution in [2.45, 2.75) is 33.7 Å². The molecule has 0 spiro atoms. The maximum atomic E-state index is 4.67. The predicted octanol–water partition coefficient (Wildman–Crippen LogP) is 1.96. The lowest BCUT2D eigenvalue weighted by atomic mass is 10.1. The molecule has 2 aromatic rings. The predicted molar refractivity (Wildman–Crippen MR) is 69.0 cm³/mol. The molecule has 0 aliphatic carbocycles. The van der Waals surface area contributed by atoms with Crippen LogP contribution in [0.15, 0.2) is 12.1 Å². The Morgan fingerprint density at radius 2 is 2.12 bits per heavy atom. The molecule has 0 unspecified atom stereocenters. The fourth-order valence-corrected chi connectivity index (χ4v) is 2.02. The van der Waals surface area contributed by atoms with Crippen LogP contribution in [-0.4, -0.2) is 21.6 Å². The Morgan fingerprint density at radius 1 is 1.35 bits per heavy atom. The third-order valence-corrected chi connectivity index (χ3v) is 2.79. The number of nitrogens with one attached hydrogen (secondary N) is 1. The topological polar surface area (TPSA) is 42.2 Å². The maximum absolute atomic E-state index is 4.67. The lowest BCUT2D eigenvalue weighted by Crippen LogP contribution is -2.11. The first-order chi connectivity index (χ1) is 8.11. The van der Waals surface area contributed by atoms with Gasteiger partial charge in [-0.15, -0.1) is 0 Å². The third kappa shape index (κ3) is 2.47. The highest BCUT2D eigenvalue weighted by molar-refractivity contribution is 5.41. The van der Waals surface area contributed by atoms with Crippen LogP contribution in [-0.2, 0) is 13.0 Å². The van der Waals surface area contributed by atoms with Crippen LogP contribution in [0.2, 0.25) is 0 Å². The molecule has 2 rings (SSSR count). The quantitative estimate of drug-likeness (QED) is 0.876. The average molecular weight is 232 g/mol. The zero-order valence-corrected chi connectivity index (χ0v) is 11.0. The molecule has 0 bridgehead atoms. The van der Waals surface area contributed by atoms with Crippen LogP contribution in [0, 0.1) is 12.8 Å². The Kier molecular flexibility index (Phi) is 3.43. The van der Waals surface area contributed by atoms with Gasteiger partial charge in [0, 0.05) is 6.54 Å². The van der Waals surface area contributed by atoms with Crippen molar-refractivity contribution in [1.29, 1.82) is 0 Å². The molecule has 0 saturated heterocycles. The number of imidazole rings is 1. The van der Waals surface area contributed by atoms with Crippen LogP contribution in [0.4, 0.5) is 0 Å². The average Bonchev–Trinajstić information content (AvgIpc) is 2.55. The maximum Gasteiger partial charge on any atom is 0.154 e. The number of rotatable bonds is 4. The van der Waals surface area contributed by atoms with Gasteiger partial charge in [-0.25, -0.2) is 9.50 Å². The standard InChI is InChI=1S/C13H20N4/c1-9(2)7-11-5-6-13-15-10(3)12(8-14-4)17(13)16-11/h5-6,9,14H,7-8H2,1-4H3. The highest BCUT2D eigenvalue weighted by Gasteiger charge is 2.10. The summed E-state index contributed by atoms with van der Waals surface area (Å²) in [5.74, 6) is 0.623. The van der Waals surface area contributed by atoms with Gasteiger partial charge in [-0.3, -0.25) is 0 Å². The van der Waals surface area contributed by atoms with Crippen molar-refractivity contribution in [3.05, 3.63) is 29.2 Å². The fraction of sp³-hybridized carbons (Fsp3) is 0.538. The van der Waals surface area contributed by atoms with Crippen LogP contribution in [0.5, 0.6) is 0 Å². The number of fused-ring (bicyclic) bond motifs is 1. The SMILES string of the molecule is CNCc1c(C)nc2ccc(CC(C)C)nn12. The first-order valence-electron chi connectivity index (χ1n) is 6.10. The largest absolute Gasteiger partial charge is 0.314 e. The van der Waals surface area contributed by atoms with Gasteiger partial charge in [-0.05, 0) is 38.4 Å². The van der Waals surface area contributed by atoms with E-state index in [1.54, 1.807) is 0 Å². The minimum atomic E-state index is 0.623. The normalized spacial score (nSPS) is 11.6. The molecule has 4 heteroatoms. The van der Waals surface area contributed by atoms with Gasteiger partial charge in [0.1, 0.15) is 0 Å². The molecule has 4 nitrogen and oxygen atoms in total. The highest BCUT2D eigenvalue weighted by Crippen LogP contribution is 2.12. The molecular formula is C13H20N4. The molecular weight excluding hydrogens is 212 g/mol. The molecule has 1 N–H and O–H groups in total. The van der Waals surface area contributed by atoms with Gasteiger partial charge >= 0.3 is 0 Å². The van der Waals surface area contributed by atoms with Crippen molar-refractivity contribution >= 4 is 5.65 Å². The second-order valence-electron chi connectivity index (χ2n) is 4.87. The Morgan fingerprint density at radius 3 is 2.76 bits per heavy atom. The van der Waals surface area contributed by atoms with Crippen LogP contribution in [0.3, 0.4) is 0 Å². The molecule has 17 heavy (non-hydrogen) atoms. The summed E-state index contributed by atoms with van der Waals surface area (Å²) >= 11 is 0. The van der Waals surface area contributed by atoms with E-state index < -0.39 is 0 Å². The van der Waals surface area contributed by atoms with E-state index in [-0.39, 0.29) is 0 Å². The monoisotopic (exact) mass is 232 g/mol. The molecule has 0 radical (unpaired) electrons. The summed E-state index contributed by atoms with van der Waals surface area (Å²) in [6.07, 6.45) is 1.01. The summed E-state index contributed by atoms with van der Waals surface area (Å²) in [7, 11) is 1.94. The van der Waals surface area contributed by atoms with E-state index in [1.807, 2.05) is 18.5 Å². The number of hydrogen-bond donors (Lipinski definition) is 1. The Balaban J connectivity index is 2.46. The Bertz CT molecular complexity index is 513. The van der Waals surface area contributed by atoms with Crippen LogP contribution in [0.1, 0.15) is 30.9 Å². The van der Waals surface area contributed by atoms with E-state index in [0.717, 1.165) is 35.7 Å². The molecule has 0 amide bonds. The van der Waals surface area contributed by atoms with E-state index in [0.29, 0.717) is 5.92 Å². The van der Waals surface area contributed by atoms with Gasteiger partial charge in [0.15, 0.2) is 5.65 Å². The number of aryl methyl sites for hydroxylation is 1. The van der Waals surface area contributed by atoms with Crippen LogP contribution >= 0.6 is 0 Å². The smallest absolute Gasteiger partial charge is 0.154 e. The van der Waals surface area contributed by atoms with E-state index >= 15 is 0 Å². The molecule has 2 aromatic heterocycles. The number of hydrogen-bond acceptors (Lipinski definition) is 3. The van der Waals surface area contributed by atoms with Gasteiger partial charge in [0.25, 0.3) is 0 Å². The third-order valence-electron chi connectivity index (χ3n) is 2.79. The molecule has 2 heterocycles. The van der Waals surface area contributed by atoms with Crippen molar-refractivity contribution in [3.63, 3.8) is 0 Å². The first kappa shape index (κ1) is 12.0. The lowest BCUT2D eigenvalue weighted by molar-refractivity contribution is 0.619. The van der Waals surface area contributed by atoms with Crippen molar-refractivity contribution in [2.75, 3.05) is 7.05 Å². The lowest BCUT2D eigenvalue weighted by Gasteiger charge is -2.06. The minimum Gasteiger partial charge on any atom is -0.314 e.